The van der Waals surface area contributed by atoms with Crippen LogP contribution in [0.25, 0.3) is 0 Å². The zero-order valence-corrected chi connectivity index (χ0v) is 4.49. The molecule has 0 aliphatic heterocycles. The lowest BCUT2D eigenvalue weighted by Crippen LogP contribution is -2.10. The Labute approximate surface area is 40.4 Å². The topological polar surface area (TPSA) is 12.0 Å². The van der Waals surface area contributed by atoms with E-state index in [4.69, 9.17) is 0 Å². The first-order valence-electron chi connectivity index (χ1n) is 2.40. The molecule has 0 aromatic carbocycles. The van der Waals surface area contributed by atoms with E-state index in [1.165, 1.54) is 12.7 Å². The molecule has 6 heavy (non-hydrogen) atoms. The van der Waals surface area contributed by atoms with E-state index in [9.17, 15) is 0 Å². The van der Waals surface area contributed by atoms with Crippen molar-refractivity contribution in [2.45, 2.75) is 19.7 Å². The van der Waals surface area contributed by atoms with Crippen molar-refractivity contribution in [3.05, 3.63) is 0 Å². The number of hydrogen-bond acceptors (Lipinski definition) is 1. The number of nitrogens with one attached hydrogen (secondary N) is 1. The van der Waals surface area contributed by atoms with Gasteiger partial charge in [0, 0.05) is 0 Å². The summed E-state index contributed by atoms with van der Waals surface area (Å²) in [7, 11) is 3.98. The van der Waals surface area contributed by atoms with Gasteiger partial charge in [0.2, 0.25) is 7.41 Å². The van der Waals surface area contributed by atoms with E-state index in [0.29, 0.717) is 0 Å². The van der Waals surface area contributed by atoms with Crippen LogP contribution in [0.4, 0.5) is 0 Å². The smallest absolute Gasteiger partial charge is 0.205 e. The Bertz CT molecular complexity index is 19.5. The fraction of sp³-hybridized carbons (Fsp3) is 1.00. The van der Waals surface area contributed by atoms with Crippen LogP contribution in [0.1, 0.15) is 13.3 Å². The van der Waals surface area contributed by atoms with Crippen LogP contribution in [-0.4, -0.2) is 14.5 Å². The minimum Gasteiger partial charge on any atom is -0.363 e. The molecule has 0 rings (SSSR count). The highest BCUT2D eigenvalue weighted by atomic mass is 14.7. The van der Waals surface area contributed by atoms with Crippen LogP contribution in [0.15, 0.2) is 0 Å². The highest BCUT2D eigenvalue weighted by Gasteiger charge is 1.78. The molecule has 0 spiro atoms. The molecular formula is C4H11BN. The van der Waals surface area contributed by atoms with Gasteiger partial charge in [-0.05, 0) is 7.05 Å². The first kappa shape index (κ1) is 6.02. The quantitative estimate of drug-likeness (QED) is 0.391. The third-order valence-corrected chi connectivity index (χ3v) is 0.637. The molecule has 2 heteroatoms. The lowest BCUT2D eigenvalue weighted by molar-refractivity contribution is 1.05. The molecule has 35 valence electrons. The van der Waals surface area contributed by atoms with Gasteiger partial charge in [-0.2, -0.15) is 0 Å². The Balaban J connectivity index is 2.34. The third-order valence-electron chi connectivity index (χ3n) is 0.637. The van der Waals surface area contributed by atoms with Crippen LogP contribution in [0, 0.1) is 0 Å². The lowest BCUT2D eigenvalue weighted by atomic mass is 9.88. The van der Waals surface area contributed by atoms with Crippen LogP contribution < -0.4 is 5.23 Å². The van der Waals surface area contributed by atoms with E-state index in [1.807, 2.05) is 7.05 Å². The molecule has 1 radical (unpaired) electrons. The second-order valence-corrected chi connectivity index (χ2v) is 1.28. The lowest BCUT2D eigenvalue weighted by Gasteiger charge is -1.86. The normalized spacial score (nSPS) is 8.33. The molecule has 0 atom stereocenters. The molecule has 0 aromatic heterocycles. The molecule has 0 unspecified atom stereocenters. The summed E-state index contributed by atoms with van der Waals surface area (Å²) < 4.78 is 0. The van der Waals surface area contributed by atoms with Crippen molar-refractivity contribution in [3.8, 4) is 0 Å². The minimum atomic E-state index is 1.18. The van der Waals surface area contributed by atoms with Gasteiger partial charge >= 0.3 is 0 Å². The maximum atomic E-state index is 2.94. The van der Waals surface area contributed by atoms with Gasteiger partial charge in [0.05, 0.1) is 0 Å². The highest BCUT2D eigenvalue weighted by Crippen LogP contribution is 1.79. The largest absolute Gasteiger partial charge is 0.363 e. The van der Waals surface area contributed by atoms with E-state index in [2.05, 4.69) is 19.6 Å². The van der Waals surface area contributed by atoms with Crippen LogP contribution in [0.5, 0.6) is 0 Å². The molecule has 1 nitrogen and oxygen atoms in total. The van der Waals surface area contributed by atoms with Crippen LogP contribution in [-0.2, 0) is 0 Å². The molecule has 0 fully saturated rings. The molecule has 0 aromatic rings. The molecule has 0 heterocycles. The van der Waals surface area contributed by atoms with Gasteiger partial charge in [-0.3, -0.25) is 0 Å². The van der Waals surface area contributed by atoms with Gasteiger partial charge in [-0.25, -0.2) is 0 Å². The molecule has 0 bridgehead atoms. The summed E-state index contributed by atoms with van der Waals surface area (Å²) in [5.41, 5.74) is 0. The molecule has 0 saturated heterocycles. The molecule has 1 N–H and O–H groups in total. The number of hydrogen-bond donors (Lipinski definition) is 1. The maximum Gasteiger partial charge on any atom is 0.205 e. The van der Waals surface area contributed by atoms with Gasteiger partial charge in [0.15, 0.2) is 0 Å². The predicted octanol–water partition coefficient (Wildman–Crippen LogP) is 0.653. The molecule has 0 aliphatic rings. The van der Waals surface area contributed by atoms with Crippen molar-refractivity contribution in [2.24, 2.45) is 0 Å². The van der Waals surface area contributed by atoms with Crippen molar-refractivity contribution < 1.29 is 0 Å². The van der Waals surface area contributed by atoms with Crippen LogP contribution in [0.3, 0.4) is 0 Å². The summed E-state index contributed by atoms with van der Waals surface area (Å²) in [5, 5.41) is 2.94. The third kappa shape index (κ3) is 4.02. The van der Waals surface area contributed by atoms with E-state index < -0.39 is 0 Å². The highest BCUT2D eigenvalue weighted by molar-refractivity contribution is 6.31. The summed E-state index contributed by atoms with van der Waals surface area (Å²) in [6, 6.07) is 0. The fourth-order valence-electron chi connectivity index (χ4n) is 0.289. The Morgan fingerprint density at radius 3 is 2.50 bits per heavy atom. The summed E-state index contributed by atoms with van der Waals surface area (Å²) >= 11 is 0. The van der Waals surface area contributed by atoms with Crippen molar-refractivity contribution in [2.75, 3.05) is 7.05 Å². The van der Waals surface area contributed by atoms with E-state index >= 15 is 0 Å². The average molecular weight is 84.0 g/mol. The van der Waals surface area contributed by atoms with Gasteiger partial charge in [-0.15, -0.1) is 0 Å². The van der Waals surface area contributed by atoms with E-state index in [0.717, 1.165) is 0 Å². The second kappa shape index (κ2) is 5.02. The minimum absolute atomic E-state index is 1.18. The summed E-state index contributed by atoms with van der Waals surface area (Å²) in [6.45, 7) is 2.16. The maximum absolute atomic E-state index is 2.94. The first-order chi connectivity index (χ1) is 2.91. The molecular weight excluding hydrogens is 72.9 g/mol. The SMILES string of the molecule is CCC[B]NC. The Kier molecular flexibility index (Phi) is 5.05. The zero-order valence-electron chi connectivity index (χ0n) is 4.49. The van der Waals surface area contributed by atoms with Gasteiger partial charge in [0.1, 0.15) is 0 Å². The van der Waals surface area contributed by atoms with Crippen molar-refractivity contribution in [1.82, 2.24) is 5.23 Å². The van der Waals surface area contributed by atoms with Crippen molar-refractivity contribution in [3.63, 3.8) is 0 Å². The van der Waals surface area contributed by atoms with Gasteiger partial charge < -0.3 is 5.23 Å². The van der Waals surface area contributed by atoms with E-state index in [-0.39, 0.29) is 0 Å². The van der Waals surface area contributed by atoms with E-state index in [1.54, 1.807) is 0 Å². The standard InChI is InChI=1S/C4H11BN/c1-3-4-5-6-2/h6H,3-4H2,1-2H3. The van der Waals surface area contributed by atoms with Crippen LogP contribution >= 0.6 is 0 Å². The fourth-order valence-corrected chi connectivity index (χ4v) is 0.289. The predicted molar refractivity (Wildman–Crippen MR) is 29.9 cm³/mol. The molecule has 0 saturated carbocycles. The summed E-state index contributed by atoms with van der Waals surface area (Å²) in [6.07, 6.45) is 2.41. The number of rotatable bonds is 3. The van der Waals surface area contributed by atoms with Crippen LogP contribution in [0.2, 0.25) is 6.32 Å². The Morgan fingerprint density at radius 2 is 2.33 bits per heavy atom. The van der Waals surface area contributed by atoms with Gasteiger partial charge in [-0.1, -0.05) is 19.7 Å². The van der Waals surface area contributed by atoms with Crippen molar-refractivity contribution in [1.29, 1.82) is 0 Å². The zero-order chi connectivity index (χ0) is 4.83. The monoisotopic (exact) mass is 84.1 g/mol. The van der Waals surface area contributed by atoms with Crippen molar-refractivity contribution >= 4 is 7.41 Å². The first-order valence-corrected chi connectivity index (χ1v) is 2.40. The second-order valence-electron chi connectivity index (χ2n) is 1.28. The summed E-state index contributed by atoms with van der Waals surface area (Å²) in [4.78, 5) is 0. The summed E-state index contributed by atoms with van der Waals surface area (Å²) in [5.74, 6) is 0. The average Bonchev–Trinajstić information content (AvgIpc) is 1.61. The Hall–Kier alpha value is 0.0249. The molecule has 0 aliphatic carbocycles. The Morgan fingerprint density at radius 1 is 1.67 bits per heavy atom. The molecule has 0 amide bonds. The van der Waals surface area contributed by atoms with Gasteiger partial charge in [0.25, 0.3) is 0 Å².